The van der Waals surface area contributed by atoms with Gasteiger partial charge in [0.1, 0.15) is 0 Å². The zero-order valence-corrected chi connectivity index (χ0v) is 24.3. The zero-order chi connectivity index (χ0) is 25.5. The lowest BCUT2D eigenvalue weighted by atomic mass is 9.99. The highest BCUT2D eigenvalue weighted by atomic mass is 32.2. The molecule has 2 fully saturated rings. The van der Waals surface area contributed by atoms with Crippen LogP contribution in [-0.4, -0.2) is 57.7 Å². The van der Waals surface area contributed by atoms with E-state index >= 15 is 0 Å². The summed E-state index contributed by atoms with van der Waals surface area (Å²) in [5.74, 6) is 1.82. The maximum atomic E-state index is 11.4. The number of hydrogen-bond donors (Lipinski definition) is 0. The number of esters is 2. The number of carbonyl (C=O) groups excluding carboxylic acids is 2. The number of rotatable bonds is 16. The summed E-state index contributed by atoms with van der Waals surface area (Å²) in [6, 6.07) is 0. The summed E-state index contributed by atoms with van der Waals surface area (Å²) < 4.78 is 10.3. The molecule has 2 aliphatic carbocycles. The first-order chi connectivity index (χ1) is 16.8. The summed E-state index contributed by atoms with van der Waals surface area (Å²) in [5.41, 5.74) is 0.960. The quantitative estimate of drug-likeness (QED) is 0.113. The fourth-order valence-electron chi connectivity index (χ4n) is 4.43. The molecule has 0 amide bonds. The van der Waals surface area contributed by atoms with E-state index in [0.29, 0.717) is 24.4 Å². The van der Waals surface area contributed by atoms with Gasteiger partial charge in [0.2, 0.25) is 0 Å². The van der Waals surface area contributed by atoms with E-state index in [-0.39, 0.29) is 11.9 Å². The molecule has 0 unspecified atom stereocenters. The first-order valence-corrected chi connectivity index (χ1v) is 16.4. The summed E-state index contributed by atoms with van der Waals surface area (Å²) in [6.45, 7) is 11.6. The first kappa shape index (κ1) is 30.7. The molecular weight excluding hydrogens is 497 g/mol. The van der Waals surface area contributed by atoms with Crippen LogP contribution in [0.15, 0.2) is 24.3 Å². The minimum Gasteiger partial charge on any atom is -0.462 e. The van der Waals surface area contributed by atoms with E-state index in [4.69, 9.17) is 9.47 Å². The van der Waals surface area contributed by atoms with Gasteiger partial charge in [-0.1, -0.05) is 13.2 Å². The Kier molecular flexibility index (Phi) is 15.6. The van der Waals surface area contributed by atoms with Crippen molar-refractivity contribution in [3.8, 4) is 0 Å². The molecule has 0 aromatic heterocycles. The van der Waals surface area contributed by atoms with Crippen LogP contribution in [0.1, 0.15) is 90.9 Å². The van der Waals surface area contributed by atoms with Gasteiger partial charge in [-0.3, -0.25) is 0 Å². The smallest absolute Gasteiger partial charge is 0.333 e. The number of hydrogen-bond acceptors (Lipinski definition) is 7. The summed E-state index contributed by atoms with van der Waals surface area (Å²) >= 11 is 6.55. The molecule has 2 rings (SSSR count). The van der Waals surface area contributed by atoms with Gasteiger partial charge in [0.25, 0.3) is 0 Å². The molecular formula is C28H46O4S3. The van der Waals surface area contributed by atoms with Crippen molar-refractivity contribution in [2.75, 3.05) is 24.7 Å². The normalized spacial score (nSPS) is 24.5. The second kappa shape index (κ2) is 17.8. The lowest BCUT2D eigenvalue weighted by molar-refractivity contribution is -0.139. The molecule has 200 valence electrons. The Labute approximate surface area is 226 Å². The zero-order valence-electron chi connectivity index (χ0n) is 21.9. The van der Waals surface area contributed by atoms with Crippen molar-refractivity contribution in [3.63, 3.8) is 0 Å². The van der Waals surface area contributed by atoms with E-state index in [9.17, 15) is 9.59 Å². The number of unbranched alkanes of at least 4 members (excludes halogenated alkanes) is 2. The third-order valence-corrected chi connectivity index (χ3v) is 11.2. The van der Waals surface area contributed by atoms with Crippen LogP contribution >= 0.6 is 35.3 Å². The van der Waals surface area contributed by atoms with Gasteiger partial charge in [0.05, 0.1) is 13.2 Å². The third-order valence-electron chi connectivity index (χ3n) is 6.58. The van der Waals surface area contributed by atoms with Gasteiger partial charge in [-0.25, -0.2) is 9.59 Å². The molecule has 0 aliphatic heterocycles. The Bertz CT molecular complexity index is 609. The first-order valence-electron chi connectivity index (χ1n) is 13.4. The Morgan fingerprint density at radius 1 is 0.629 bits per heavy atom. The van der Waals surface area contributed by atoms with Crippen LogP contribution < -0.4 is 0 Å². The molecule has 2 saturated carbocycles. The molecule has 0 bridgehead atoms. The van der Waals surface area contributed by atoms with Gasteiger partial charge >= 0.3 is 11.9 Å². The predicted molar refractivity (Wildman–Crippen MR) is 155 cm³/mol. The molecule has 0 radical (unpaired) electrons. The fourth-order valence-corrected chi connectivity index (χ4v) is 8.68. The highest BCUT2D eigenvalue weighted by Crippen LogP contribution is 2.41. The topological polar surface area (TPSA) is 52.6 Å². The lowest BCUT2D eigenvalue weighted by Crippen LogP contribution is -2.24. The van der Waals surface area contributed by atoms with Crippen LogP contribution in [0.25, 0.3) is 0 Å². The molecule has 0 heterocycles. The Morgan fingerprint density at radius 3 is 1.31 bits per heavy atom. The summed E-state index contributed by atoms with van der Waals surface area (Å²) in [5, 5.41) is 3.37. The van der Waals surface area contributed by atoms with E-state index in [1.807, 2.05) is 0 Å². The van der Waals surface area contributed by atoms with Gasteiger partial charge in [0.15, 0.2) is 0 Å². The highest BCUT2D eigenvalue weighted by Gasteiger charge is 2.27. The monoisotopic (exact) mass is 542 g/mol. The molecule has 0 saturated heterocycles. The van der Waals surface area contributed by atoms with Crippen LogP contribution in [0.2, 0.25) is 0 Å². The summed E-state index contributed by atoms with van der Waals surface area (Å²) in [4.78, 5) is 22.7. The van der Waals surface area contributed by atoms with Gasteiger partial charge in [0, 0.05) is 32.1 Å². The molecule has 4 nitrogen and oxygen atoms in total. The van der Waals surface area contributed by atoms with Crippen molar-refractivity contribution >= 4 is 47.2 Å². The van der Waals surface area contributed by atoms with Gasteiger partial charge in [-0.05, 0) is 102 Å². The average Bonchev–Trinajstić information content (AvgIpc) is 2.85. The highest BCUT2D eigenvalue weighted by molar-refractivity contribution is 8.01. The van der Waals surface area contributed by atoms with Gasteiger partial charge in [-0.2, -0.15) is 35.3 Å². The molecule has 0 aromatic rings. The van der Waals surface area contributed by atoms with Crippen molar-refractivity contribution in [1.82, 2.24) is 0 Å². The van der Waals surface area contributed by atoms with E-state index in [2.05, 4.69) is 48.4 Å². The van der Waals surface area contributed by atoms with Crippen LogP contribution in [0, 0.1) is 0 Å². The molecule has 2 aliphatic rings. The minimum atomic E-state index is -0.267. The molecule has 0 N–H and O–H groups in total. The van der Waals surface area contributed by atoms with Gasteiger partial charge < -0.3 is 9.47 Å². The second-order valence-electron chi connectivity index (χ2n) is 9.92. The Morgan fingerprint density at radius 2 is 0.971 bits per heavy atom. The average molecular weight is 543 g/mol. The molecule has 7 heteroatoms. The maximum Gasteiger partial charge on any atom is 0.333 e. The van der Waals surface area contributed by atoms with E-state index < -0.39 is 0 Å². The molecule has 0 aromatic carbocycles. The molecule has 0 spiro atoms. The Balaban J connectivity index is 1.43. The number of ether oxygens (including phenoxy) is 2. The van der Waals surface area contributed by atoms with Crippen molar-refractivity contribution in [2.45, 2.75) is 112 Å². The summed E-state index contributed by atoms with van der Waals surface area (Å²) in [7, 11) is 0. The van der Waals surface area contributed by atoms with Crippen LogP contribution in [0.3, 0.4) is 0 Å². The second-order valence-corrected chi connectivity index (χ2v) is 14.3. The predicted octanol–water partition coefficient (Wildman–Crippen LogP) is 7.61. The van der Waals surface area contributed by atoms with Crippen LogP contribution in [0.5, 0.6) is 0 Å². The lowest BCUT2D eigenvalue weighted by Gasteiger charge is -2.33. The number of carbonyl (C=O) groups is 2. The standard InChI is InChI=1S/C28H46O4S3/c1-21(2)27(29)31-17-5-7-19-33-23-9-13-25(14-10-23)35-26-15-11-24(12-16-26)34-20-8-6-18-32-28(30)22(3)4/h23-26H,1,3,5-20H2,2,4H3. The van der Waals surface area contributed by atoms with E-state index in [1.54, 1.807) is 13.8 Å². The molecule has 35 heavy (non-hydrogen) atoms. The minimum absolute atomic E-state index is 0.267. The maximum absolute atomic E-state index is 11.4. The third kappa shape index (κ3) is 13.5. The SMILES string of the molecule is C=C(C)C(=O)OCCCCSC1CCC(SC2CCC(SCCCCOC(=O)C(=C)C)CC2)CC1. The largest absolute Gasteiger partial charge is 0.462 e. The Hall–Kier alpha value is -0.530. The van der Waals surface area contributed by atoms with Crippen molar-refractivity contribution < 1.29 is 19.1 Å². The van der Waals surface area contributed by atoms with Crippen molar-refractivity contribution in [2.24, 2.45) is 0 Å². The number of thioether (sulfide) groups is 3. The van der Waals surface area contributed by atoms with Gasteiger partial charge in [-0.15, -0.1) is 0 Å². The van der Waals surface area contributed by atoms with Crippen LogP contribution in [-0.2, 0) is 19.1 Å². The summed E-state index contributed by atoms with van der Waals surface area (Å²) in [6.07, 6.45) is 15.1. The van der Waals surface area contributed by atoms with Crippen molar-refractivity contribution in [3.05, 3.63) is 24.3 Å². The van der Waals surface area contributed by atoms with Crippen molar-refractivity contribution in [1.29, 1.82) is 0 Å². The van der Waals surface area contributed by atoms with E-state index in [0.717, 1.165) is 46.7 Å². The van der Waals surface area contributed by atoms with Crippen LogP contribution in [0.4, 0.5) is 0 Å². The fraction of sp³-hybridized carbons (Fsp3) is 0.786. The molecule has 0 atom stereocenters. The van der Waals surface area contributed by atoms with E-state index in [1.165, 1.54) is 62.9 Å².